The number of ether oxygens (including phenoxy) is 1. The number of rotatable bonds is 5. The number of halogens is 1. The predicted octanol–water partition coefficient (Wildman–Crippen LogP) is 1.09. The van der Waals surface area contributed by atoms with Crippen LogP contribution < -0.4 is 5.32 Å². The van der Waals surface area contributed by atoms with Gasteiger partial charge in [0.15, 0.2) is 5.96 Å². The van der Waals surface area contributed by atoms with E-state index >= 15 is 0 Å². The summed E-state index contributed by atoms with van der Waals surface area (Å²) in [5.41, 5.74) is 0. The molecule has 3 fully saturated rings. The van der Waals surface area contributed by atoms with Crippen molar-refractivity contribution in [2.75, 3.05) is 73.1 Å². The highest BCUT2D eigenvalue weighted by molar-refractivity contribution is 14.0. The topological polar surface area (TPSA) is 60.4 Å². The van der Waals surface area contributed by atoms with Gasteiger partial charge in [0.25, 0.3) is 0 Å². The summed E-state index contributed by atoms with van der Waals surface area (Å²) >= 11 is 0. The highest BCUT2D eigenvalue weighted by Gasteiger charge is 2.35. The van der Waals surface area contributed by atoms with E-state index in [2.05, 4.69) is 20.1 Å². The van der Waals surface area contributed by atoms with Crippen molar-refractivity contribution in [2.45, 2.75) is 25.7 Å². The van der Waals surface area contributed by atoms with E-state index in [0.717, 1.165) is 70.3 Å². The number of fused-ring (bicyclic) bond motifs is 1. The first-order chi connectivity index (χ1) is 12.6. The molecule has 8 heteroatoms. The van der Waals surface area contributed by atoms with Crippen LogP contribution in [0.5, 0.6) is 0 Å². The zero-order valence-corrected chi connectivity index (χ0v) is 19.2. The van der Waals surface area contributed by atoms with Crippen molar-refractivity contribution in [3.63, 3.8) is 0 Å². The first kappa shape index (κ1) is 22.7. The Morgan fingerprint density at radius 3 is 2.37 bits per heavy atom. The number of hydrogen-bond donors (Lipinski definition) is 1. The van der Waals surface area contributed by atoms with Crippen LogP contribution >= 0.6 is 24.0 Å². The summed E-state index contributed by atoms with van der Waals surface area (Å²) < 4.78 is 5.41. The molecule has 2 heterocycles. The summed E-state index contributed by atoms with van der Waals surface area (Å²) in [6.45, 7) is 7.91. The molecule has 1 N–H and O–H groups in total. The predicted molar refractivity (Wildman–Crippen MR) is 119 cm³/mol. The van der Waals surface area contributed by atoms with Crippen LogP contribution in [0.3, 0.4) is 0 Å². The maximum Gasteiger partial charge on any atom is 0.243 e. The van der Waals surface area contributed by atoms with Crippen LogP contribution in [0.4, 0.5) is 0 Å². The monoisotopic (exact) mass is 493 g/mol. The smallest absolute Gasteiger partial charge is 0.243 e. The van der Waals surface area contributed by atoms with Crippen molar-refractivity contribution >= 4 is 35.8 Å². The Kier molecular flexibility index (Phi) is 9.58. The number of likely N-dealkylation sites (tertiary alicyclic amines) is 1. The molecule has 2 saturated heterocycles. The third-order valence-electron chi connectivity index (χ3n) is 5.95. The summed E-state index contributed by atoms with van der Waals surface area (Å²) in [6.07, 6.45) is 5.42. The lowest BCUT2D eigenvalue weighted by molar-refractivity contribution is -0.127. The van der Waals surface area contributed by atoms with Crippen molar-refractivity contribution in [3.8, 4) is 0 Å². The molecular weight excluding hydrogens is 457 g/mol. The SMILES string of the molecule is CN(C)C(=O)CN=C(NCCN1CCOCC1)N1CC2CCCCC2C1.I. The van der Waals surface area contributed by atoms with Crippen LogP contribution in [0, 0.1) is 11.8 Å². The fraction of sp³-hybridized carbons (Fsp3) is 0.895. The van der Waals surface area contributed by atoms with Gasteiger partial charge in [0.2, 0.25) is 5.91 Å². The Hall–Kier alpha value is -0.610. The molecule has 0 aromatic heterocycles. The number of guanidine groups is 1. The van der Waals surface area contributed by atoms with E-state index in [0.29, 0.717) is 0 Å². The first-order valence-electron chi connectivity index (χ1n) is 10.2. The highest BCUT2D eigenvalue weighted by Crippen LogP contribution is 2.35. The minimum absolute atomic E-state index is 0. The van der Waals surface area contributed by atoms with Gasteiger partial charge in [-0.15, -0.1) is 24.0 Å². The lowest BCUT2D eigenvalue weighted by atomic mass is 9.82. The average Bonchev–Trinajstić information content (AvgIpc) is 3.09. The molecule has 0 spiro atoms. The standard InChI is InChI=1S/C19H35N5O2.HI/c1-22(2)18(25)13-21-19(20-7-8-23-9-11-26-12-10-23)24-14-16-5-3-4-6-17(16)15-24;/h16-17H,3-15H2,1-2H3,(H,20,21);1H. The van der Waals surface area contributed by atoms with E-state index in [1.807, 2.05) is 0 Å². The maximum atomic E-state index is 12.0. The summed E-state index contributed by atoms with van der Waals surface area (Å²) in [7, 11) is 3.57. The molecular formula is C19H36IN5O2. The van der Waals surface area contributed by atoms with Gasteiger partial charge in [-0.2, -0.15) is 0 Å². The number of morpholine rings is 1. The van der Waals surface area contributed by atoms with Crippen LogP contribution in [0.2, 0.25) is 0 Å². The normalized spacial score (nSPS) is 26.3. The largest absolute Gasteiger partial charge is 0.379 e. The van der Waals surface area contributed by atoms with Gasteiger partial charge >= 0.3 is 0 Å². The van der Waals surface area contributed by atoms with E-state index in [1.54, 1.807) is 19.0 Å². The minimum Gasteiger partial charge on any atom is -0.379 e. The molecule has 7 nitrogen and oxygen atoms in total. The van der Waals surface area contributed by atoms with Gasteiger partial charge in [-0.3, -0.25) is 9.69 Å². The third kappa shape index (κ3) is 6.74. The zero-order chi connectivity index (χ0) is 18.4. The number of hydrogen-bond acceptors (Lipinski definition) is 4. The van der Waals surface area contributed by atoms with Gasteiger partial charge in [0.1, 0.15) is 6.54 Å². The summed E-state index contributed by atoms with van der Waals surface area (Å²) in [5.74, 6) is 2.58. The highest BCUT2D eigenvalue weighted by atomic mass is 127. The van der Waals surface area contributed by atoms with Crippen LogP contribution in [0.25, 0.3) is 0 Å². The molecule has 27 heavy (non-hydrogen) atoms. The molecule has 0 aromatic rings. The summed E-state index contributed by atoms with van der Waals surface area (Å²) in [6, 6.07) is 0. The van der Waals surface area contributed by atoms with Crippen molar-refractivity contribution in [1.82, 2.24) is 20.0 Å². The lowest BCUT2D eigenvalue weighted by Gasteiger charge is -2.28. The van der Waals surface area contributed by atoms with Crippen molar-refractivity contribution in [1.29, 1.82) is 0 Å². The number of nitrogens with one attached hydrogen (secondary N) is 1. The van der Waals surface area contributed by atoms with Gasteiger partial charge in [-0.05, 0) is 24.7 Å². The number of likely N-dealkylation sites (N-methyl/N-ethyl adjacent to an activating group) is 1. The Balaban J connectivity index is 0.00000261. The second kappa shape index (κ2) is 11.4. The molecule has 3 rings (SSSR count). The Morgan fingerprint density at radius 1 is 1.15 bits per heavy atom. The second-order valence-corrected chi connectivity index (χ2v) is 8.02. The summed E-state index contributed by atoms with van der Waals surface area (Å²) in [4.78, 5) is 23.1. The molecule has 2 unspecified atom stereocenters. The average molecular weight is 493 g/mol. The van der Waals surface area contributed by atoms with E-state index in [-0.39, 0.29) is 36.4 Å². The molecule has 2 aliphatic heterocycles. The number of aliphatic imine (C=N–C) groups is 1. The number of carbonyl (C=O) groups is 1. The fourth-order valence-electron chi connectivity index (χ4n) is 4.28. The van der Waals surface area contributed by atoms with Gasteiger partial charge in [-0.25, -0.2) is 4.99 Å². The van der Waals surface area contributed by atoms with Crippen LogP contribution in [-0.4, -0.2) is 99.7 Å². The van der Waals surface area contributed by atoms with E-state index < -0.39 is 0 Å². The molecule has 1 aliphatic carbocycles. The van der Waals surface area contributed by atoms with Gasteiger partial charge < -0.3 is 19.9 Å². The van der Waals surface area contributed by atoms with Gasteiger partial charge in [-0.1, -0.05) is 12.8 Å². The number of amides is 1. The van der Waals surface area contributed by atoms with Crippen LogP contribution in [0.15, 0.2) is 4.99 Å². The molecule has 0 radical (unpaired) electrons. The van der Waals surface area contributed by atoms with Gasteiger partial charge in [0.05, 0.1) is 13.2 Å². The maximum absolute atomic E-state index is 12.0. The fourth-order valence-corrected chi connectivity index (χ4v) is 4.28. The molecule has 1 amide bonds. The lowest BCUT2D eigenvalue weighted by Crippen LogP contribution is -2.46. The van der Waals surface area contributed by atoms with Gasteiger partial charge in [0, 0.05) is 53.4 Å². The minimum atomic E-state index is 0. The Bertz CT molecular complexity index is 482. The Labute approximate surface area is 180 Å². The number of carbonyl (C=O) groups excluding carboxylic acids is 1. The zero-order valence-electron chi connectivity index (χ0n) is 16.9. The molecule has 156 valence electrons. The van der Waals surface area contributed by atoms with E-state index in [9.17, 15) is 4.79 Å². The first-order valence-corrected chi connectivity index (χ1v) is 10.2. The molecule has 0 aromatic carbocycles. The third-order valence-corrected chi connectivity index (χ3v) is 5.95. The summed E-state index contributed by atoms with van der Waals surface area (Å²) in [5, 5.41) is 3.54. The van der Waals surface area contributed by atoms with Crippen molar-refractivity contribution < 1.29 is 9.53 Å². The van der Waals surface area contributed by atoms with Crippen molar-refractivity contribution in [3.05, 3.63) is 0 Å². The van der Waals surface area contributed by atoms with Crippen LogP contribution in [0.1, 0.15) is 25.7 Å². The van der Waals surface area contributed by atoms with E-state index in [1.165, 1.54) is 25.7 Å². The molecule has 3 aliphatic rings. The van der Waals surface area contributed by atoms with Crippen molar-refractivity contribution in [2.24, 2.45) is 16.8 Å². The quantitative estimate of drug-likeness (QED) is 0.353. The number of nitrogens with zero attached hydrogens (tertiary/aromatic N) is 4. The Morgan fingerprint density at radius 2 is 1.78 bits per heavy atom. The molecule has 0 bridgehead atoms. The van der Waals surface area contributed by atoms with Crippen LogP contribution in [-0.2, 0) is 9.53 Å². The molecule has 2 atom stereocenters. The molecule has 1 saturated carbocycles. The van der Waals surface area contributed by atoms with E-state index in [4.69, 9.17) is 4.74 Å². The second-order valence-electron chi connectivity index (χ2n) is 8.02.